The van der Waals surface area contributed by atoms with E-state index in [1.54, 1.807) is 11.3 Å². The average Bonchev–Trinajstić information content (AvgIpc) is 3.04. The lowest BCUT2D eigenvalue weighted by molar-refractivity contribution is 0.645. The van der Waals surface area contributed by atoms with Gasteiger partial charge >= 0.3 is 0 Å². The number of thiophene rings is 1. The Morgan fingerprint density at radius 3 is 2.56 bits per heavy atom. The lowest BCUT2D eigenvalue weighted by Gasteiger charge is -2.17. The Balaban J connectivity index is 0.00000312. The zero-order valence-corrected chi connectivity index (χ0v) is 19.6. The van der Waals surface area contributed by atoms with E-state index in [1.165, 1.54) is 14.6 Å². The Morgan fingerprint density at radius 2 is 2.00 bits per heavy atom. The number of hydrogen-bond acceptors (Lipinski definition) is 4. The predicted octanol–water partition coefficient (Wildman–Crippen LogP) is 4.48. The first-order valence-electron chi connectivity index (χ1n) is 8.51. The first kappa shape index (κ1) is 22.4. The Bertz CT molecular complexity index is 678. The fourth-order valence-corrected chi connectivity index (χ4v) is 4.52. The number of guanidine groups is 1. The van der Waals surface area contributed by atoms with Gasteiger partial charge in [0.05, 0.1) is 10.7 Å². The van der Waals surface area contributed by atoms with Gasteiger partial charge in [-0.2, -0.15) is 0 Å². The number of halogens is 1. The highest BCUT2D eigenvalue weighted by atomic mass is 127. The minimum atomic E-state index is 0. The molecule has 0 amide bonds. The van der Waals surface area contributed by atoms with Gasteiger partial charge in [-0.1, -0.05) is 0 Å². The van der Waals surface area contributed by atoms with Crippen LogP contribution in [0.15, 0.2) is 17.1 Å². The van der Waals surface area contributed by atoms with Crippen LogP contribution in [0.25, 0.3) is 0 Å². The molecule has 140 valence electrons. The highest BCUT2D eigenvalue weighted by Crippen LogP contribution is 2.18. The summed E-state index contributed by atoms with van der Waals surface area (Å²) in [7, 11) is 0. The van der Waals surface area contributed by atoms with E-state index in [-0.39, 0.29) is 24.0 Å². The molecule has 0 fully saturated rings. The molecule has 0 saturated carbocycles. The highest BCUT2D eigenvalue weighted by Gasteiger charge is 2.08. The molecular weight excluding hydrogens is 463 g/mol. The monoisotopic (exact) mass is 492 g/mol. The predicted molar refractivity (Wildman–Crippen MR) is 122 cm³/mol. The Hall–Kier alpha value is -0.670. The molecule has 1 unspecified atom stereocenters. The van der Waals surface area contributed by atoms with E-state index in [0.717, 1.165) is 42.6 Å². The third-order valence-electron chi connectivity index (χ3n) is 3.64. The van der Waals surface area contributed by atoms with Gasteiger partial charge in [0, 0.05) is 46.6 Å². The summed E-state index contributed by atoms with van der Waals surface area (Å²) in [5.74, 6) is 0.900. The molecule has 0 aliphatic rings. The van der Waals surface area contributed by atoms with Gasteiger partial charge in [0.2, 0.25) is 0 Å². The Kier molecular flexibility index (Phi) is 9.96. The summed E-state index contributed by atoms with van der Waals surface area (Å²) < 4.78 is 0. The smallest absolute Gasteiger partial charge is 0.191 e. The maximum atomic E-state index is 4.72. The third-order valence-corrected chi connectivity index (χ3v) is 5.79. The number of aryl methyl sites for hydroxylation is 3. The van der Waals surface area contributed by atoms with Crippen molar-refractivity contribution in [3.63, 3.8) is 0 Å². The second kappa shape index (κ2) is 11.1. The normalized spacial score (nSPS) is 12.6. The number of aliphatic imine (C=N–C) groups is 1. The maximum Gasteiger partial charge on any atom is 0.191 e. The van der Waals surface area contributed by atoms with Crippen molar-refractivity contribution in [3.05, 3.63) is 37.5 Å². The standard InChI is InChI=1S/C18H28N4S2.HI/c1-6-19-18(20-10-9-17-14(4)22-15(5)24-17)21-12(2)11-16-8-7-13(3)23-16;/h7-8,12H,6,9-11H2,1-5H3,(H2,19,20,21);1H. The second-order valence-corrected chi connectivity index (χ2v) is 8.67. The number of nitrogens with one attached hydrogen (secondary N) is 2. The van der Waals surface area contributed by atoms with Crippen molar-refractivity contribution in [2.24, 2.45) is 4.99 Å². The number of hydrogen-bond donors (Lipinski definition) is 2. The molecule has 25 heavy (non-hydrogen) atoms. The number of nitrogens with zero attached hydrogens (tertiary/aromatic N) is 2. The van der Waals surface area contributed by atoms with Crippen molar-refractivity contribution < 1.29 is 0 Å². The maximum absolute atomic E-state index is 4.72. The lowest BCUT2D eigenvalue weighted by atomic mass is 10.2. The molecule has 2 rings (SSSR count). The van der Waals surface area contributed by atoms with Gasteiger partial charge in [-0.05, 0) is 46.8 Å². The summed E-state index contributed by atoms with van der Waals surface area (Å²) in [6.45, 7) is 12.2. The van der Waals surface area contributed by atoms with Crippen LogP contribution in [-0.2, 0) is 12.8 Å². The Morgan fingerprint density at radius 1 is 1.24 bits per heavy atom. The zero-order valence-electron chi connectivity index (χ0n) is 15.7. The van der Waals surface area contributed by atoms with E-state index in [2.05, 4.69) is 62.4 Å². The fraction of sp³-hybridized carbons (Fsp3) is 0.556. The second-order valence-electron chi connectivity index (χ2n) is 6.01. The molecule has 2 aromatic heterocycles. The average molecular weight is 492 g/mol. The first-order chi connectivity index (χ1) is 11.5. The summed E-state index contributed by atoms with van der Waals surface area (Å²) in [6.07, 6.45) is 1.97. The molecule has 7 heteroatoms. The SMILES string of the molecule is CCNC(=NCCc1sc(C)nc1C)NC(C)Cc1ccc(C)s1.I. The highest BCUT2D eigenvalue weighted by molar-refractivity contribution is 14.0. The minimum absolute atomic E-state index is 0. The third kappa shape index (κ3) is 7.62. The molecule has 2 N–H and O–H groups in total. The molecule has 0 bridgehead atoms. The molecule has 0 aliphatic carbocycles. The van der Waals surface area contributed by atoms with Gasteiger partial charge in [-0.25, -0.2) is 4.98 Å². The summed E-state index contributed by atoms with van der Waals surface area (Å²) in [5.41, 5.74) is 1.15. The van der Waals surface area contributed by atoms with Crippen LogP contribution in [0.3, 0.4) is 0 Å². The van der Waals surface area contributed by atoms with E-state index in [9.17, 15) is 0 Å². The lowest BCUT2D eigenvalue weighted by Crippen LogP contribution is -2.43. The fourth-order valence-electron chi connectivity index (χ4n) is 2.58. The topological polar surface area (TPSA) is 49.3 Å². The van der Waals surface area contributed by atoms with Gasteiger partial charge in [0.25, 0.3) is 0 Å². The number of thiazole rings is 1. The van der Waals surface area contributed by atoms with E-state index < -0.39 is 0 Å². The van der Waals surface area contributed by atoms with Crippen LogP contribution in [-0.4, -0.2) is 30.1 Å². The molecular formula is C18H29IN4S2. The molecule has 0 aromatic carbocycles. The summed E-state index contributed by atoms with van der Waals surface area (Å²) in [4.78, 5) is 13.3. The molecule has 2 aromatic rings. The summed E-state index contributed by atoms with van der Waals surface area (Å²) in [6, 6.07) is 4.76. The van der Waals surface area contributed by atoms with Gasteiger partial charge in [-0.3, -0.25) is 4.99 Å². The molecule has 1 atom stereocenters. The van der Waals surface area contributed by atoms with E-state index >= 15 is 0 Å². The van der Waals surface area contributed by atoms with Crippen molar-refractivity contribution in [1.82, 2.24) is 15.6 Å². The van der Waals surface area contributed by atoms with Crippen molar-refractivity contribution in [1.29, 1.82) is 0 Å². The van der Waals surface area contributed by atoms with Crippen molar-refractivity contribution in [2.45, 2.75) is 53.5 Å². The first-order valence-corrected chi connectivity index (χ1v) is 10.1. The zero-order chi connectivity index (χ0) is 17.5. The van der Waals surface area contributed by atoms with Crippen molar-refractivity contribution >= 4 is 52.6 Å². The van der Waals surface area contributed by atoms with E-state index in [4.69, 9.17) is 4.99 Å². The van der Waals surface area contributed by atoms with Crippen LogP contribution in [0.1, 0.15) is 39.2 Å². The minimum Gasteiger partial charge on any atom is -0.357 e. The molecule has 0 spiro atoms. The molecule has 0 radical (unpaired) electrons. The van der Waals surface area contributed by atoms with Crippen LogP contribution in [0.4, 0.5) is 0 Å². The van der Waals surface area contributed by atoms with Gasteiger partial charge < -0.3 is 10.6 Å². The number of aromatic nitrogens is 1. The van der Waals surface area contributed by atoms with Crippen molar-refractivity contribution in [2.75, 3.05) is 13.1 Å². The van der Waals surface area contributed by atoms with Gasteiger partial charge in [-0.15, -0.1) is 46.7 Å². The van der Waals surface area contributed by atoms with Gasteiger partial charge in [0.1, 0.15) is 0 Å². The quantitative estimate of drug-likeness (QED) is 0.341. The van der Waals surface area contributed by atoms with E-state index in [1.807, 2.05) is 11.3 Å². The van der Waals surface area contributed by atoms with Gasteiger partial charge in [0.15, 0.2) is 5.96 Å². The molecule has 0 aliphatic heterocycles. The van der Waals surface area contributed by atoms with Crippen molar-refractivity contribution in [3.8, 4) is 0 Å². The van der Waals surface area contributed by atoms with Crippen LogP contribution >= 0.6 is 46.7 Å². The van der Waals surface area contributed by atoms with Crippen LogP contribution in [0.2, 0.25) is 0 Å². The van der Waals surface area contributed by atoms with Crippen LogP contribution in [0, 0.1) is 20.8 Å². The number of rotatable bonds is 7. The molecule has 4 nitrogen and oxygen atoms in total. The summed E-state index contributed by atoms with van der Waals surface area (Å²) >= 11 is 3.65. The molecule has 2 heterocycles. The molecule has 0 saturated heterocycles. The summed E-state index contributed by atoms with van der Waals surface area (Å²) in [5, 5.41) is 7.99. The van der Waals surface area contributed by atoms with Crippen LogP contribution in [0.5, 0.6) is 0 Å². The largest absolute Gasteiger partial charge is 0.357 e. The Labute approximate surface area is 176 Å². The van der Waals surface area contributed by atoms with E-state index in [0.29, 0.717) is 6.04 Å². The van der Waals surface area contributed by atoms with Crippen LogP contribution < -0.4 is 10.6 Å².